The second-order valence-corrected chi connectivity index (χ2v) is 18.9. The van der Waals surface area contributed by atoms with E-state index >= 15 is 0 Å². The number of rotatable bonds is 8. The van der Waals surface area contributed by atoms with Crippen LogP contribution < -0.4 is 0 Å². The Kier molecular flexibility index (Phi) is 7.74. The summed E-state index contributed by atoms with van der Waals surface area (Å²) < 4.78 is 12.6. The lowest BCUT2D eigenvalue weighted by molar-refractivity contribution is -0.109. The normalized spacial score (nSPS) is 15.7. The summed E-state index contributed by atoms with van der Waals surface area (Å²) >= 11 is 0. The van der Waals surface area contributed by atoms with Crippen molar-refractivity contribution in [3.63, 3.8) is 0 Å². The number of hydrogen-bond donors (Lipinski definition) is 0. The smallest absolute Gasteiger partial charge is 0.192 e. The molecule has 0 aliphatic rings. The molecule has 0 N–H and O–H groups in total. The van der Waals surface area contributed by atoms with E-state index in [1.807, 2.05) is 0 Å². The van der Waals surface area contributed by atoms with Crippen LogP contribution >= 0.6 is 0 Å². The van der Waals surface area contributed by atoms with E-state index in [4.69, 9.17) is 8.85 Å². The zero-order valence-electron chi connectivity index (χ0n) is 16.5. The minimum Gasteiger partial charge on any atom is -0.417 e. The summed E-state index contributed by atoms with van der Waals surface area (Å²) in [6.45, 7) is 23.1. The summed E-state index contributed by atoms with van der Waals surface area (Å²) in [7, 11) is -3.56. The number of carbonyl (C=O) groups is 1. The first kappa shape index (κ1) is 22.0. The molecule has 1 atom stereocenters. The maximum absolute atomic E-state index is 11.0. The molecule has 0 rings (SSSR count). The maximum Gasteiger partial charge on any atom is 0.192 e. The molecule has 5 heteroatoms. The maximum atomic E-state index is 11.0. The van der Waals surface area contributed by atoms with Crippen molar-refractivity contribution in [3.8, 4) is 0 Å². The molecule has 0 fully saturated rings. The van der Waals surface area contributed by atoms with Crippen LogP contribution in [0.4, 0.5) is 0 Å². The minimum absolute atomic E-state index is 0.0110. The molecule has 0 saturated heterocycles. The third-order valence-corrected chi connectivity index (χ3v) is 14.4. The number of carbonyl (C=O) groups excluding carboxylic acids is 1. The average molecular weight is 347 g/mol. The average Bonchev–Trinajstić information content (AvgIpc) is 2.25. The van der Waals surface area contributed by atoms with Crippen LogP contribution in [0.1, 0.15) is 54.4 Å². The van der Waals surface area contributed by atoms with Gasteiger partial charge in [0, 0.05) is 13.0 Å². The lowest BCUT2D eigenvalue weighted by Crippen LogP contribution is -2.45. The fourth-order valence-corrected chi connectivity index (χ4v) is 4.05. The first-order chi connectivity index (χ1) is 9.64. The molecule has 3 nitrogen and oxygen atoms in total. The third-order valence-electron chi connectivity index (χ3n) is 5.34. The molecule has 0 aliphatic carbocycles. The molecule has 0 radical (unpaired) electrons. The first-order valence-corrected chi connectivity index (χ1v) is 14.2. The predicted octanol–water partition coefficient (Wildman–Crippen LogP) is 5.38. The van der Waals surface area contributed by atoms with Crippen molar-refractivity contribution >= 4 is 22.9 Å². The Hall–Kier alpha value is 0.0238. The molecule has 0 spiro atoms. The van der Waals surface area contributed by atoms with Crippen molar-refractivity contribution in [3.05, 3.63) is 0 Å². The predicted molar refractivity (Wildman–Crippen MR) is 101 cm³/mol. The van der Waals surface area contributed by atoms with Gasteiger partial charge in [0.15, 0.2) is 16.6 Å². The highest BCUT2D eigenvalue weighted by atomic mass is 28.4. The molecule has 1 unspecified atom stereocenters. The van der Waals surface area contributed by atoms with Crippen LogP contribution in [-0.2, 0) is 13.6 Å². The lowest BCUT2D eigenvalue weighted by atomic mass is 10.2. The fourth-order valence-electron chi connectivity index (χ4n) is 1.59. The largest absolute Gasteiger partial charge is 0.417 e. The van der Waals surface area contributed by atoms with E-state index in [-0.39, 0.29) is 16.2 Å². The summed E-state index contributed by atoms with van der Waals surface area (Å²) in [4.78, 5) is 11.0. The number of aldehydes is 1. The summed E-state index contributed by atoms with van der Waals surface area (Å²) in [5, 5.41) is 0.377. The van der Waals surface area contributed by atoms with Crippen LogP contribution in [-0.4, -0.2) is 35.6 Å². The Balaban J connectivity index is 4.66. The third kappa shape index (κ3) is 6.64. The van der Waals surface area contributed by atoms with E-state index in [2.05, 4.69) is 67.7 Å². The highest BCUT2D eigenvalue weighted by molar-refractivity contribution is 6.74. The van der Waals surface area contributed by atoms with Crippen LogP contribution in [0.2, 0.25) is 36.3 Å². The Morgan fingerprint density at radius 1 is 0.909 bits per heavy atom. The van der Waals surface area contributed by atoms with E-state index in [0.717, 1.165) is 12.7 Å². The minimum atomic E-state index is -1.84. The van der Waals surface area contributed by atoms with Crippen molar-refractivity contribution in [2.24, 2.45) is 0 Å². The Morgan fingerprint density at radius 3 is 1.73 bits per heavy atom. The van der Waals surface area contributed by atoms with Crippen LogP contribution in [0, 0.1) is 0 Å². The zero-order chi connectivity index (χ0) is 17.8. The standard InChI is InChI=1S/C17H38O3Si2/c1-16(2,3)21(7,8)19-14-12-15(11-13-18)20-22(9,10)17(4,5)6/h13,15H,11-12,14H2,1-10H3. The van der Waals surface area contributed by atoms with Gasteiger partial charge in [0.05, 0.1) is 6.10 Å². The highest BCUT2D eigenvalue weighted by Gasteiger charge is 2.40. The molecular formula is C17H38O3Si2. The van der Waals surface area contributed by atoms with Crippen LogP contribution in [0.25, 0.3) is 0 Å². The molecule has 0 saturated carbocycles. The zero-order valence-corrected chi connectivity index (χ0v) is 18.5. The van der Waals surface area contributed by atoms with E-state index in [1.165, 1.54) is 0 Å². The SMILES string of the molecule is CC(C)(C)[Si](C)(C)OCCC(CC=O)O[Si](C)(C)C(C)(C)C. The fraction of sp³-hybridized carbons (Fsp3) is 0.941. The van der Waals surface area contributed by atoms with Gasteiger partial charge in [0.2, 0.25) is 0 Å². The summed E-state index contributed by atoms with van der Waals surface area (Å²) in [6, 6.07) is 0. The molecule has 0 bridgehead atoms. The molecule has 0 aromatic carbocycles. The summed E-state index contributed by atoms with van der Waals surface area (Å²) in [5.41, 5.74) is 0. The second-order valence-electron chi connectivity index (χ2n) is 9.30. The van der Waals surface area contributed by atoms with Gasteiger partial charge in [0.1, 0.15) is 6.29 Å². The molecule has 0 aromatic heterocycles. The summed E-state index contributed by atoms with van der Waals surface area (Å²) in [6.07, 6.45) is 2.23. The van der Waals surface area contributed by atoms with E-state index in [1.54, 1.807) is 0 Å². The summed E-state index contributed by atoms with van der Waals surface area (Å²) in [5.74, 6) is 0. The number of hydrogen-bond acceptors (Lipinski definition) is 3. The van der Waals surface area contributed by atoms with E-state index in [0.29, 0.717) is 13.0 Å². The topological polar surface area (TPSA) is 35.5 Å². The van der Waals surface area contributed by atoms with Crippen molar-refractivity contribution in [1.29, 1.82) is 0 Å². The van der Waals surface area contributed by atoms with Crippen molar-refractivity contribution in [2.45, 2.75) is 96.8 Å². The van der Waals surface area contributed by atoms with E-state index < -0.39 is 16.6 Å². The van der Waals surface area contributed by atoms with Crippen LogP contribution in [0.5, 0.6) is 0 Å². The van der Waals surface area contributed by atoms with E-state index in [9.17, 15) is 4.79 Å². The molecule has 22 heavy (non-hydrogen) atoms. The van der Waals surface area contributed by atoms with Crippen LogP contribution in [0.15, 0.2) is 0 Å². The Labute approximate surface area is 140 Å². The molecule has 0 aromatic rings. The second kappa shape index (κ2) is 7.73. The Morgan fingerprint density at radius 2 is 1.36 bits per heavy atom. The van der Waals surface area contributed by atoms with Crippen LogP contribution in [0.3, 0.4) is 0 Å². The quantitative estimate of drug-likeness (QED) is 0.437. The first-order valence-electron chi connectivity index (χ1n) is 8.39. The monoisotopic (exact) mass is 346 g/mol. The Bertz CT molecular complexity index is 352. The molecule has 132 valence electrons. The van der Waals surface area contributed by atoms with Gasteiger partial charge in [-0.3, -0.25) is 0 Å². The van der Waals surface area contributed by atoms with Crippen molar-refractivity contribution in [1.82, 2.24) is 0 Å². The molecule has 0 heterocycles. The van der Waals surface area contributed by atoms with Gasteiger partial charge >= 0.3 is 0 Å². The van der Waals surface area contributed by atoms with Gasteiger partial charge in [-0.05, 0) is 42.7 Å². The van der Waals surface area contributed by atoms with Crippen molar-refractivity contribution < 1.29 is 13.6 Å². The van der Waals surface area contributed by atoms with Gasteiger partial charge in [-0.15, -0.1) is 0 Å². The highest BCUT2D eigenvalue weighted by Crippen LogP contribution is 2.39. The molecule has 0 amide bonds. The van der Waals surface area contributed by atoms with Gasteiger partial charge in [0.25, 0.3) is 0 Å². The molecular weight excluding hydrogens is 308 g/mol. The van der Waals surface area contributed by atoms with Gasteiger partial charge in [-0.2, -0.15) is 0 Å². The van der Waals surface area contributed by atoms with Gasteiger partial charge < -0.3 is 13.6 Å². The van der Waals surface area contributed by atoms with Crippen molar-refractivity contribution in [2.75, 3.05) is 6.61 Å². The molecule has 0 aliphatic heterocycles. The van der Waals surface area contributed by atoms with Gasteiger partial charge in [-0.25, -0.2) is 0 Å². The van der Waals surface area contributed by atoms with Gasteiger partial charge in [-0.1, -0.05) is 41.5 Å². The lowest BCUT2D eigenvalue weighted by Gasteiger charge is -2.40.